The summed E-state index contributed by atoms with van der Waals surface area (Å²) in [7, 11) is 0. The molecular formula is C12H24N2O2. The van der Waals surface area contributed by atoms with Gasteiger partial charge in [-0.05, 0) is 45.2 Å². The van der Waals surface area contributed by atoms with Crippen LogP contribution in [0.1, 0.15) is 46.0 Å². The van der Waals surface area contributed by atoms with Gasteiger partial charge in [0.1, 0.15) is 5.54 Å². The first-order chi connectivity index (χ1) is 7.64. The number of nitrogens with one attached hydrogen (secondary N) is 2. The third-order valence-corrected chi connectivity index (χ3v) is 3.44. The Morgan fingerprint density at radius 3 is 2.38 bits per heavy atom. The molecule has 1 fully saturated rings. The highest BCUT2D eigenvalue weighted by Gasteiger charge is 2.33. The van der Waals surface area contributed by atoms with Gasteiger partial charge in [0.15, 0.2) is 0 Å². The van der Waals surface area contributed by atoms with Crippen LogP contribution in [0.15, 0.2) is 0 Å². The van der Waals surface area contributed by atoms with Gasteiger partial charge in [-0.3, -0.25) is 4.79 Å². The average molecular weight is 228 g/mol. The smallest absolute Gasteiger partial charge is 0.323 e. The lowest BCUT2D eigenvalue weighted by Crippen LogP contribution is -2.51. The molecule has 1 aliphatic rings. The standard InChI is InChI=1S/C12H24N2O2/c1-3-12(4-2,11(15)16)14-9-5-8-13-10-6-7-10/h10,13-14H,3-9H2,1-2H3,(H,15,16). The summed E-state index contributed by atoms with van der Waals surface area (Å²) in [4.78, 5) is 11.2. The van der Waals surface area contributed by atoms with Crippen molar-refractivity contribution in [1.82, 2.24) is 10.6 Å². The van der Waals surface area contributed by atoms with Gasteiger partial charge in [-0.2, -0.15) is 0 Å². The van der Waals surface area contributed by atoms with E-state index in [9.17, 15) is 9.90 Å². The van der Waals surface area contributed by atoms with Crippen LogP contribution in [0.5, 0.6) is 0 Å². The van der Waals surface area contributed by atoms with Crippen molar-refractivity contribution in [2.24, 2.45) is 0 Å². The first-order valence-corrected chi connectivity index (χ1v) is 6.36. The number of aliphatic carboxylic acids is 1. The Morgan fingerprint density at radius 1 is 1.31 bits per heavy atom. The summed E-state index contributed by atoms with van der Waals surface area (Å²) >= 11 is 0. The van der Waals surface area contributed by atoms with Crippen LogP contribution in [-0.2, 0) is 4.79 Å². The Balaban J connectivity index is 2.17. The first-order valence-electron chi connectivity index (χ1n) is 6.36. The molecule has 1 saturated carbocycles. The van der Waals surface area contributed by atoms with Gasteiger partial charge in [0.25, 0.3) is 0 Å². The monoisotopic (exact) mass is 228 g/mol. The van der Waals surface area contributed by atoms with Gasteiger partial charge < -0.3 is 15.7 Å². The van der Waals surface area contributed by atoms with E-state index < -0.39 is 11.5 Å². The summed E-state index contributed by atoms with van der Waals surface area (Å²) in [5, 5.41) is 15.8. The maximum Gasteiger partial charge on any atom is 0.323 e. The molecule has 0 heterocycles. The summed E-state index contributed by atoms with van der Waals surface area (Å²) in [5.41, 5.74) is -0.723. The Morgan fingerprint density at radius 2 is 1.94 bits per heavy atom. The second-order valence-electron chi connectivity index (χ2n) is 4.60. The van der Waals surface area contributed by atoms with Gasteiger partial charge >= 0.3 is 5.97 Å². The molecule has 0 radical (unpaired) electrons. The molecule has 94 valence electrons. The summed E-state index contributed by atoms with van der Waals surface area (Å²) in [6, 6.07) is 0.738. The van der Waals surface area contributed by atoms with Gasteiger partial charge in [-0.15, -0.1) is 0 Å². The van der Waals surface area contributed by atoms with Crippen molar-refractivity contribution < 1.29 is 9.90 Å². The van der Waals surface area contributed by atoms with E-state index in [1.807, 2.05) is 13.8 Å². The van der Waals surface area contributed by atoms with E-state index in [0.29, 0.717) is 12.8 Å². The fraction of sp³-hybridized carbons (Fsp3) is 0.917. The lowest BCUT2D eigenvalue weighted by molar-refractivity contribution is -0.145. The zero-order valence-corrected chi connectivity index (χ0v) is 10.4. The van der Waals surface area contributed by atoms with Gasteiger partial charge in [0, 0.05) is 6.04 Å². The average Bonchev–Trinajstić information content (AvgIpc) is 3.07. The van der Waals surface area contributed by atoms with E-state index in [1.54, 1.807) is 0 Å². The largest absolute Gasteiger partial charge is 0.480 e. The molecule has 0 aromatic heterocycles. The van der Waals surface area contributed by atoms with E-state index in [-0.39, 0.29) is 0 Å². The fourth-order valence-electron chi connectivity index (χ4n) is 1.89. The van der Waals surface area contributed by atoms with E-state index in [2.05, 4.69) is 10.6 Å². The Labute approximate surface area is 97.8 Å². The maximum absolute atomic E-state index is 11.2. The van der Waals surface area contributed by atoms with E-state index in [4.69, 9.17) is 0 Å². The summed E-state index contributed by atoms with van der Waals surface area (Å²) < 4.78 is 0. The molecule has 0 aromatic rings. The van der Waals surface area contributed by atoms with Gasteiger partial charge in [0.2, 0.25) is 0 Å². The van der Waals surface area contributed by atoms with E-state index in [1.165, 1.54) is 12.8 Å². The number of carboxylic acids is 1. The van der Waals surface area contributed by atoms with Gasteiger partial charge in [0.05, 0.1) is 0 Å². The maximum atomic E-state index is 11.2. The first kappa shape index (κ1) is 13.5. The molecular weight excluding hydrogens is 204 g/mol. The molecule has 0 saturated heterocycles. The second-order valence-corrected chi connectivity index (χ2v) is 4.60. The van der Waals surface area contributed by atoms with Crippen LogP contribution < -0.4 is 10.6 Å². The highest BCUT2D eigenvalue weighted by molar-refractivity contribution is 5.78. The fourth-order valence-corrected chi connectivity index (χ4v) is 1.89. The van der Waals surface area contributed by atoms with Crippen molar-refractivity contribution in [2.45, 2.75) is 57.5 Å². The van der Waals surface area contributed by atoms with Crippen molar-refractivity contribution in [3.8, 4) is 0 Å². The number of rotatable bonds is 9. The third-order valence-electron chi connectivity index (χ3n) is 3.44. The molecule has 1 rings (SSSR count). The molecule has 4 nitrogen and oxygen atoms in total. The molecule has 0 unspecified atom stereocenters. The van der Waals surface area contributed by atoms with Crippen LogP contribution in [0.25, 0.3) is 0 Å². The van der Waals surface area contributed by atoms with Crippen LogP contribution in [0.4, 0.5) is 0 Å². The predicted octanol–water partition coefficient (Wildman–Crippen LogP) is 1.36. The summed E-state index contributed by atoms with van der Waals surface area (Å²) in [6.45, 7) is 5.61. The molecule has 0 aliphatic heterocycles. The molecule has 0 amide bonds. The van der Waals surface area contributed by atoms with Crippen LogP contribution in [0, 0.1) is 0 Å². The topological polar surface area (TPSA) is 61.4 Å². The van der Waals surface area contributed by atoms with Crippen molar-refractivity contribution in [3.05, 3.63) is 0 Å². The van der Waals surface area contributed by atoms with Gasteiger partial charge in [-0.1, -0.05) is 13.8 Å². The SMILES string of the molecule is CCC(CC)(NCCCNC1CC1)C(=O)O. The van der Waals surface area contributed by atoms with Crippen molar-refractivity contribution in [3.63, 3.8) is 0 Å². The highest BCUT2D eigenvalue weighted by Crippen LogP contribution is 2.18. The Bertz CT molecular complexity index is 223. The van der Waals surface area contributed by atoms with Crippen LogP contribution in [0.2, 0.25) is 0 Å². The zero-order chi connectivity index (χ0) is 12.0. The third kappa shape index (κ3) is 3.76. The molecule has 0 atom stereocenters. The number of hydrogen-bond acceptors (Lipinski definition) is 3. The van der Waals surface area contributed by atoms with E-state index >= 15 is 0 Å². The Hall–Kier alpha value is -0.610. The van der Waals surface area contributed by atoms with Crippen LogP contribution in [-0.4, -0.2) is 35.7 Å². The molecule has 0 spiro atoms. The normalized spacial score (nSPS) is 16.4. The zero-order valence-electron chi connectivity index (χ0n) is 10.4. The van der Waals surface area contributed by atoms with Gasteiger partial charge in [-0.25, -0.2) is 0 Å². The minimum absolute atomic E-state index is 0.634. The molecule has 0 bridgehead atoms. The molecule has 16 heavy (non-hydrogen) atoms. The quantitative estimate of drug-likeness (QED) is 0.521. The molecule has 4 heteroatoms. The van der Waals surface area contributed by atoms with Crippen molar-refractivity contribution >= 4 is 5.97 Å². The molecule has 3 N–H and O–H groups in total. The minimum atomic E-state index is -0.729. The number of carboxylic acid groups (broad SMARTS) is 1. The van der Waals surface area contributed by atoms with Crippen molar-refractivity contribution in [2.75, 3.05) is 13.1 Å². The minimum Gasteiger partial charge on any atom is -0.480 e. The lowest BCUT2D eigenvalue weighted by atomic mass is 9.93. The Kier molecular flexibility index (Phi) is 5.22. The molecule has 1 aliphatic carbocycles. The number of hydrogen-bond donors (Lipinski definition) is 3. The molecule has 0 aromatic carbocycles. The summed E-state index contributed by atoms with van der Waals surface area (Å²) in [5.74, 6) is -0.729. The lowest BCUT2D eigenvalue weighted by Gasteiger charge is -2.28. The van der Waals surface area contributed by atoms with Crippen molar-refractivity contribution in [1.29, 1.82) is 0 Å². The number of carbonyl (C=O) groups is 1. The van der Waals surface area contributed by atoms with Crippen LogP contribution in [0.3, 0.4) is 0 Å². The highest BCUT2D eigenvalue weighted by atomic mass is 16.4. The predicted molar refractivity (Wildman–Crippen MR) is 64.6 cm³/mol. The van der Waals surface area contributed by atoms with Crippen LogP contribution >= 0.6 is 0 Å². The van der Waals surface area contributed by atoms with E-state index in [0.717, 1.165) is 25.6 Å². The second kappa shape index (κ2) is 6.21. The summed E-state index contributed by atoms with van der Waals surface area (Å²) in [6.07, 6.45) is 4.86.